The van der Waals surface area contributed by atoms with E-state index in [0.717, 1.165) is 12.0 Å². The van der Waals surface area contributed by atoms with Crippen molar-refractivity contribution >= 4 is 40.9 Å². The van der Waals surface area contributed by atoms with Crippen molar-refractivity contribution < 1.29 is 19.1 Å². The van der Waals surface area contributed by atoms with Gasteiger partial charge in [-0.3, -0.25) is 9.59 Å². The van der Waals surface area contributed by atoms with Gasteiger partial charge in [-0.15, -0.1) is 0 Å². The number of carbonyl (C=O) groups excluding carboxylic acids is 3. The van der Waals surface area contributed by atoms with Crippen molar-refractivity contribution in [2.45, 2.75) is 70.9 Å². The molecule has 0 aromatic carbocycles. The van der Waals surface area contributed by atoms with Crippen LogP contribution in [0.5, 0.6) is 0 Å². The Hall–Kier alpha value is -1.85. The first-order valence-electron chi connectivity index (χ1n) is 10.4. The number of ketones is 1. The lowest BCUT2D eigenvalue weighted by Gasteiger charge is -2.23. The highest BCUT2D eigenvalue weighted by molar-refractivity contribution is 6.55. The van der Waals surface area contributed by atoms with Crippen molar-refractivity contribution in [2.24, 2.45) is 5.92 Å². The molecule has 2 rings (SSSR count). The zero-order valence-corrected chi connectivity index (χ0v) is 19.2. The Balaban J connectivity index is 1.90. The molecule has 1 aliphatic heterocycles. The van der Waals surface area contributed by atoms with Gasteiger partial charge in [0.25, 0.3) is 0 Å². The summed E-state index contributed by atoms with van der Waals surface area (Å²) in [6, 6.07) is -0.849. The number of halogens is 2. The molecule has 0 aromatic rings. The van der Waals surface area contributed by atoms with E-state index >= 15 is 0 Å². The molecule has 7 heteroatoms. The molecule has 1 spiro atoms. The highest BCUT2D eigenvalue weighted by Gasteiger charge is 2.47. The van der Waals surface area contributed by atoms with Crippen LogP contribution in [0.1, 0.15) is 59.3 Å². The smallest absolute Gasteiger partial charge is 0.330 e. The van der Waals surface area contributed by atoms with Gasteiger partial charge in [-0.2, -0.15) is 0 Å². The second-order valence-corrected chi connectivity index (χ2v) is 8.84. The maximum atomic E-state index is 12.3. The molecule has 1 heterocycles. The van der Waals surface area contributed by atoms with E-state index in [1.165, 1.54) is 43.9 Å². The number of carbonyl (C=O) groups is 3. The zero-order valence-electron chi connectivity index (χ0n) is 17.7. The van der Waals surface area contributed by atoms with Crippen molar-refractivity contribution in [3.63, 3.8) is 0 Å². The van der Waals surface area contributed by atoms with Crippen molar-refractivity contribution in [2.75, 3.05) is 0 Å². The fourth-order valence-corrected chi connectivity index (χ4v) is 4.23. The van der Waals surface area contributed by atoms with E-state index in [1.807, 2.05) is 6.92 Å². The van der Waals surface area contributed by atoms with Crippen LogP contribution in [0.25, 0.3) is 0 Å². The molecule has 0 unspecified atom stereocenters. The molecule has 1 aliphatic carbocycles. The minimum Gasteiger partial charge on any atom is -0.449 e. The topological polar surface area (TPSA) is 72.5 Å². The Labute approximate surface area is 188 Å². The summed E-state index contributed by atoms with van der Waals surface area (Å²) >= 11 is 11.8. The quantitative estimate of drug-likeness (QED) is 0.228. The number of unbranched alkanes of at least 4 members (excludes halogenated alkanes) is 3. The minimum absolute atomic E-state index is 0.105. The van der Waals surface area contributed by atoms with Gasteiger partial charge in [-0.25, -0.2) is 4.79 Å². The number of ether oxygens (including phenoxy) is 1. The lowest BCUT2D eigenvalue weighted by molar-refractivity contribution is -0.145. The van der Waals surface area contributed by atoms with E-state index in [1.54, 1.807) is 6.08 Å². The van der Waals surface area contributed by atoms with Gasteiger partial charge in [0.2, 0.25) is 11.7 Å². The number of Topliss-reactive ketones (excluding diaryl/α,β-unsaturated/α-hetero) is 1. The number of allylic oxidation sites excluding steroid dienone is 5. The maximum absolute atomic E-state index is 12.3. The summed E-state index contributed by atoms with van der Waals surface area (Å²) in [5, 5.41) is 2.43. The molecule has 1 fully saturated rings. The van der Waals surface area contributed by atoms with Crippen molar-refractivity contribution in [3.05, 3.63) is 46.0 Å². The lowest BCUT2D eigenvalue weighted by atomic mass is 9.92. The largest absolute Gasteiger partial charge is 0.449 e. The first kappa shape index (κ1) is 24.4. The number of hydrogen-bond donors (Lipinski definition) is 1. The number of hydrogen-bond acceptors (Lipinski definition) is 4. The standard InChI is InChI=1S/C23H29Cl2NO4/c1-4-5-6-7-8-15(2)11-16(3)9-10-20(27)26-19-14-23(30-22(19)29)12-17(24)21(28)18(25)13-23/h9-13,15,19H,4-8,14H2,1-3H3,(H,26,27)/b10-9+,16-11+/t15-,19+/m1/s1. The molecule has 1 N–H and O–H groups in total. The summed E-state index contributed by atoms with van der Waals surface area (Å²) in [6.45, 7) is 6.31. The Morgan fingerprint density at radius 2 is 1.90 bits per heavy atom. The highest BCUT2D eigenvalue weighted by atomic mass is 35.5. The minimum atomic E-state index is -1.20. The molecular formula is C23H29Cl2NO4. The third-order valence-electron chi connectivity index (χ3n) is 5.15. The molecular weight excluding hydrogens is 425 g/mol. The fourth-order valence-electron chi connectivity index (χ4n) is 3.61. The van der Waals surface area contributed by atoms with Crippen molar-refractivity contribution in [1.29, 1.82) is 0 Å². The summed E-state index contributed by atoms with van der Waals surface area (Å²) < 4.78 is 5.36. The van der Waals surface area contributed by atoms with Crippen LogP contribution in [-0.2, 0) is 19.1 Å². The zero-order chi connectivity index (χ0) is 22.3. The molecule has 0 aromatic heterocycles. The van der Waals surface area contributed by atoms with E-state index in [0.29, 0.717) is 5.92 Å². The maximum Gasteiger partial charge on any atom is 0.330 e. The molecule has 0 saturated carbocycles. The van der Waals surface area contributed by atoms with Gasteiger partial charge < -0.3 is 10.1 Å². The van der Waals surface area contributed by atoms with Crippen LogP contribution in [0.15, 0.2) is 46.0 Å². The molecule has 5 nitrogen and oxygen atoms in total. The fraction of sp³-hybridized carbons (Fsp3) is 0.522. The van der Waals surface area contributed by atoms with E-state index in [-0.39, 0.29) is 16.5 Å². The predicted octanol–water partition coefficient (Wildman–Crippen LogP) is 5.09. The van der Waals surface area contributed by atoms with Crippen LogP contribution in [0.4, 0.5) is 0 Å². The summed E-state index contributed by atoms with van der Waals surface area (Å²) in [6.07, 6.45) is 14.2. The molecule has 2 atom stereocenters. The van der Waals surface area contributed by atoms with Gasteiger partial charge in [-0.05, 0) is 31.4 Å². The third kappa shape index (κ3) is 6.85. The SMILES string of the molecule is CCCCCC[C@@H](C)/C=C(C)/C=C/C(=O)N[C@H]1CC2(C=C(Cl)C(=O)C(Cl)=C2)OC1=O. The number of rotatable bonds is 9. The van der Waals surface area contributed by atoms with Gasteiger partial charge in [0, 0.05) is 12.5 Å². The number of amides is 1. The predicted molar refractivity (Wildman–Crippen MR) is 119 cm³/mol. The van der Waals surface area contributed by atoms with E-state index < -0.39 is 29.3 Å². The molecule has 2 aliphatic rings. The number of esters is 1. The van der Waals surface area contributed by atoms with Gasteiger partial charge in [0.05, 0.1) is 10.1 Å². The summed E-state index contributed by atoms with van der Waals surface area (Å²) in [7, 11) is 0. The van der Waals surface area contributed by atoms with Gasteiger partial charge >= 0.3 is 5.97 Å². The second-order valence-electron chi connectivity index (χ2n) is 8.03. The van der Waals surface area contributed by atoms with E-state index in [2.05, 4.69) is 25.2 Å². The van der Waals surface area contributed by atoms with Gasteiger partial charge in [0.1, 0.15) is 6.04 Å². The molecule has 164 valence electrons. The normalized spacial score (nSPS) is 22.2. The monoisotopic (exact) mass is 453 g/mol. The molecule has 0 radical (unpaired) electrons. The second kappa shape index (κ2) is 11.0. The average molecular weight is 454 g/mol. The van der Waals surface area contributed by atoms with Gasteiger partial charge in [0.15, 0.2) is 5.60 Å². The van der Waals surface area contributed by atoms with Crippen LogP contribution < -0.4 is 5.32 Å². The third-order valence-corrected chi connectivity index (χ3v) is 5.71. The van der Waals surface area contributed by atoms with Crippen LogP contribution in [0, 0.1) is 5.92 Å². The van der Waals surface area contributed by atoms with Crippen LogP contribution in [0.2, 0.25) is 0 Å². The number of nitrogens with one attached hydrogen (secondary N) is 1. The first-order valence-corrected chi connectivity index (χ1v) is 11.1. The summed E-state index contributed by atoms with van der Waals surface area (Å²) in [4.78, 5) is 36.2. The van der Waals surface area contributed by atoms with Crippen molar-refractivity contribution in [1.82, 2.24) is 5.32 Å². The van der Waals surface area contributed by atoms with Crippen LogP contribution >= 0.6 is 23.2 Å². The Morgan fingerprint density at radius 1 is 1.23 bits per heavy atom. The first-order chi connectivity index (χ1) is 14.2. The summed E-state index contributed by atoms with van der Waals surface area (Å²) in [5.74, 6) is -1.06. The molecule has 30 heavy (non-hydrogen) atoms. The molecule has 1 amide bonds. The molecule has 0 bridgehead atoms. The lowest BCUT2D eigenvalue weighted by Crippen LogP contribution is -2.37. The van der Waals surface area contributed by atoms with Gasteiger partial charge in [-0.1, -0.05) is 80.5 Å². The summed E-state index contributed by atoms with van der Waals surface area (Å²) in [5.41, 5.74) is -0.210. The average Bonchev–Trinajstić information content (AvgIpc) is 2.96. The van der Waals surface area contributed by atoms with Crippen LogP contribution in [0.3, 0.4) is 0 Å². The van der Waals surface area contributed by atoms with E-state index in [9.17, 15) is 14.4 Å². The Bertz CT molecular complexity index is 788. The van der Waals surface area contributed by atoms with E-state index in [4.69, 9.17) is 27.9 Å². The highest BCUT2D eigenvalue weighted by Crippen LogP contribution is 2.37. The van der Waals surface area contributed by atoms with Crippen LogP contribution in [-0.4, -0.2) is 29.3 Å². The molecule has 1 saturated heterocycles. The van der Waals surface area contributed by atoms with Crippen molar-refractivity contribution in [3.8, 4) is 0 Å². The Kier molecular flexibility index (Phi) is 8.92. The Morgan fingerprint density at radius 3 is 2.53 bits per heavy atom.